The molecule has 27 heavy (non-hydrogen) atoms. The Hall–Kier alpha value is -0.970. The van der Waals surface area contributed by atoms with Gasteiger partial charge in [0.15, 0.2) is 12.6 Å². The average Bonchev–Trinajstić information content (AvgIpc) is 2.63. The Morgan fingerprint density at radius 2 is 1.74 bits per heavy atom. The molecule has 0 spiro atoms. The predicted molar refractivity (Wildman–Crippen MR) is 82.0 cm³/mol. The minimum atomic E-state index is -1.68. The third kappa shape index (κ3) is 5.10. The van der Waals surface area contributed by atoms with Crippen LogP contribution in [0.1, 0.15) is 0 Å². The Labute approximate surface area is 153 Å². The van der Waals surface area contributed by atoms with E-state index in [9.17, 15) is 35.4 Å². The SMILES string of the molecule is N[C@@H](CO[C@@H]1O[C@H](CO)[C@@H](O)[C@H](O[C@H]2OC[C@@H](O)[C@H](O)[C@H]2O)[C@H]1O)C(=O)O. The van der Waals surface area contributed by atoms with Gasteiger partial charge in [0, 0.05) is 0 Å². The van der Waals surface area contributed by atoms with Gasteiger partial charge in [-0.3, -0.25) is 4.79 Å². The minimum Gasteiger partial charge on any atom is -0.480 e. The van der Waals surface area contributed by atoms with Crippen LogP contribution in [0.4, 0.5) is 0 Å². The molecule has 2 heterocycles. The van der Waals surface area contributed by atoms with Crippen LogP contribution < -0.4 is 5.73 Å². The van der Waals surface area contributed by atoms with Gasteiger partial charge < -0.3 is 60.4 Å². The van der Waals surface area contributed by atoms with Gasteiger partial charge in [0.25, 0.3) is 0 Å². The van der Waals surface area contributed by atoms with Crippen molar-refractivity contribution in [1.29, 1.82) is 0 Å². The average molecular weight is 399 g/mol. The highest BCUT2D eigenvalue weighted by Crippen LogP contribution is 2.28. The number of carbonyl (C=O) groups is 1. The molecule has 0 radical (unpaired) electrons. The van der Waals surface area contributed by atoms with Crippen molar-refractivity contribution in [2.24, 2.45) is 5.73 Å². The molecule has 2 rings (SSSR count). The standard InChI is InChI=1S/C14H25NO12/c15-4(12(22)23)2-24-14-10(21)11(8(19)6(1-16)26-14)27-13-9(20)7(18)5(17)3-25-13/h4-11,13-14,16-21H,1-3,15H2,(H,22,23)/t4-,5+,6+,7-,8+,9+,10+,11-,13+,14+/m0/s1. The van der Waals surface area contributed by atoms with Gasteiger partial charge in [-0.15, -0.1) is 0 Å². The quantitative estimate of drug-likeness (QED) is 0.200. The van der Waals surface area contributed by atoms with E-state index in [2.05, 4.69) is 0 Å². The first-order valence-electron chi connectivity index (χ1n) is 8.21. The summed E-state index contributed by atoms with van der Waals surface area (Å²) in [4.78, 5) is 10.7. The summed E-state index contributed by atoms with van der Waals surface area (Å²) in [6.45, 7) is -1.59. The Morgan fingerprint density at radius 3 is 2.33 bits per heavy atom. The van der Waals surface area contributed by atoms with Crippen LogP contribution in [0.3, 0.4) is 0 Å². The minimum absolute atomic E-state index is 0.366. The molecule has 0 aromatic rings. The summed E-state index contributed by atoms with van der Waals surface area (Å²) in [5.41, 5.74) is 5.31. The first-order chi connectivity index (χ1) is 12.7. The number of carboxylic acid groups (broad SMARTS) is 1. The normalized spacial score (nSPS) is 44.0. The molecule has 0 amide bonds. The lowest BCUT2D eigenvalue weighted by molar-refractivity contribution is -0.349. The second kappa shape index (κ2) is 9.49. The molecule has 2 fully saturated rings. The molecular weight excluding hydrogens is 374 g/mol. The van der Waals surface area contributed by atoms with E-state index in [-0.39, 0.29) is 6.61 Å². The monoisotopic (exact) mass is 399 g/mol. The lowest BCUT2D eigenvalue weighted by Crippen LogP contribution is -2.63. The zero-order valence-corrected chi connectivity index (χ0v) is 14.1. The molecule has 0 bridgehead atoms. The van der Waals surface area contributed by atoms with Gasteiger partial charge in [0.05, 0.1) is 19.8 Å². The van der Waals surface area contributed by atoms with Crippen molar-refractivity contribution in [3.63, 3.8) is 0 Å². The molecule has 0 aliphatic carbocycles. The van der Waals surface area contributed by atoms with E-state index in [1.54, 1.807) is 0 Å². The molecule has 2 aliphatic heterocycles. The molecule has 13 nitrogen and oxygen atoms in total. The van der Waals surface area contributed by atoms with Crippen molar-refractivity contribution < 1.29 is 59.5 Å². The van der Waals surface area contributed by atoms with Gasteiger partial charge in [0.1, 0.15) is 48.8 Å². The third-order valence-corrected chi connectivity index (χ3v) is 4.32. The van der Waals surface area contributed by atoms with Crippen LogP contribution in [-0.4, -0.2) is 123 Å². The highest BCUT2D eigenvalue weighted by Gasteiger charge is 2.49. The van der Waals surface area contributed by atoms with Crippen molar-refractivity contribution >= 4 is 5.97 Å². The number of nitrogens with two attached hydrogens (primary N) is 1. The van der Waals surface area contributed by atoms with Crippen LogP contribution in [0, 0.1) is 0 Å². The number of aliphatic hydroxyl groups is 6. The highest BCUT2D eigenvalue weighted by molar-refractivity contribution is 5.73. The van der Waals surface area contributed by atoms with Crippen molar-refractivity contribution in [2.45, 2.75) is 61.3 Å². The zero-order chi connectivity index (χ0) is 20.3. The molecule has 0 unspecified atom stereocenters. The summed E-state index contributed by atoms with van der Waals surface area (Å²) in [6, 6.07) is -1.40. The lowest BCUT2D eigenvalue weighted by atomic mass is 9.98. The lowest BCUT2D eigenvalue weighted by Gasteiger charge is -2.44. The molecule has 9 N–H and O–H groups in total. The number of ether oxygens (including phenoxy) is 4. The number of hydrogen-bond donors (Lipinski definition) is 8. The van der Waals surface area contributed by atoms with Gasteiger partial charge in [-0.1, -0.05) is 0 Å². The molecule has 2 aliphatic rings. The fraction of sp³-hybridized carbons (Fsp3) is 0.929. The maximum absolute atomic E-state index is 10.7. The van der Waals surface area contributed by atoms with E-state index < -0.39 is 80.5 Å². The second-order valence-corrected chi connectivity index (χ2v) is 6.34. The van der Waals surface area contributed by atoms with Crippen LogP contribution in [-0.2, 0) is 23.7 Å². The molecule has 13 heteroatoms. The van der Waals surface area contributed by atoms with E-state index in [1.807, 2.05) is 0 Å². The Kier molecular flexibility index (Phi) is 7.84. The number of aliphatic hydroxyl groups excluding tert-OH is 6. The van der Waals surface area contributed by atoms with E-state index in [0.717, 1.165) is 0 Å². The number of aliphatic carboxylic acids is 1. The third-order valence-electron chi connectivity index (χ3n) is 4.32. The van der Waals surface area contributed by atoms with Crippen LogP contribution in [0.2, 0.25) is 0 Å². The summed E-state index contributed by atoms with van der Waals surface area (Å²) in [5, 5.41) is 67.7. The van der Waals surface area contributed by atoms with Crippen molar-refractivity contribution in [3.05, 3.63) is 0 Å². The topological polar surface area (TPSA) is 222 Å². The van der Waals surface area contributed by atoms with Crippen molar-refractivity contribution in [2.75, 3.05) is 19.8 Å². The molecular formula is C14H25NO12. The van der Waals surface area contributed by atoms with Crippen LogP contribution in [0.15, 0.2) is 0 Å². The summed E-state index contributed by atoms with van der Waals surface area (Å²) >= 11 is 0. The molecule has 10 atom stereocenters. The van der Waals surface area contributed by atoms with Gasteiger partial charge in [-0.05, 0) is 0 Å². The van der Waals surface area contributed by atoms with Gasteiger partial charge >= 0.3 is 5.97 Å². The van der Waals surface area contributed by atoms with Crippen molar-refractivity contribution in [1.82, 2.24) is 0 Å². The Balaban J connectivity index is 2.06. The van der Waals surface area contributed by atoms with E-state index in [4.69, 9.17) is 29.8 Å². The zero-order valence-electron chi connectivity index (χ0n) is 14.1. The Bertz CT molecular complexity index is 495. The predicted octanol–water partition coefficient (Wildman–Crippen LogP) is -5.32. The maximum Gasteiger partial charge on any atom is 0.322 e. The smallest absolute Gasteiger partial charge is 0.322 e. The molecule has 158 valence electrons. The van der Waals surface area contributed by atoms with Gasteiger partial charge in [-0.25, -0.2) is 0 Å². The van der Waals surface area contributed by atoms with Crippen molar-refractivity contribution in [3.8, 4) is 0 Å². The van der Waals surface area contributed by atoms with Gasteiger partial charge in [0.2, 0.25) is 0 Å². The summed E-state index contributed by atoms with van der Waals surface area (Å²) < 4.78 is 20.7. The van der Waals surface area contributed by atoms with E-state index >= 15 is 0 Å². The molecule has 2 saturated heterocycles. The second-order valence-electron chi connectivity index (χ2n) is 6.34. The van der Waals surface area contributed by atoms with Gasteiger partial charge in [-0.2, -0.15) is 0 Å². The first kappa shape index (κ1) is 22.3. The molecule has 0 aromatic carbocycles. The fourth-order valence-electron chi connectivity index (χ4n) is 2.68. The molecule has 0 aromatic heterocycles. The highest BCUT2D eigenvalue weighted by atomic mass is 16.7. The first-order valence-corrected chi connectivity index (χ1v) is 8.21. The number of carboxylic acids is 1. The van der Waals surface area contributed by atoms with Crippen LogP contribution in [0.5, 0.6) is 0 Å². The fourth-order valence-corrected chi connectivity index (χ4v) is 2.68. The Morgan fingerprint density at radius 1 is 1.07 bits per heavy atom. The number of hydrogen-bond acceptors (Lipinski definition) is 12. The van der Waals surface area contributed by atoms with E-state index in [1.165, 1.54) is 0 Å². The van der Waals surface area contributed by atoms with E-state index in [0.29, 0.717) is 0 Å². The summed E-state index contributed by atoms with van der Waals surface area (Å²) in [6.07, 6.45) is -13.6. The summed E-state index contributed by atoms with van der Waals surface area (Å²) in [5.74, 6) is -1.35. The molecule has 0 saturated carbocycles. The van der Waals surface area contributed by atoms with Crippen LogP contribution in [0.25, 0.3) is 0 Å². The summed E-state index contributed by atoms with van der Waals surface area (Å²) in [7, 11) is 0. The number of rotatable bonds is 7. The largest absolute Gasteiger partial charge is 0.480 e. The maximum atomic E-state index is 10.7. The van der Waals surface area contributed by atoms with Crippen LogP contribution >= 0.6 is 0 Å².